The number of halogens is 3. The molecule has 0 amide bonds. The Labute approximate surface area is 87.8 Å². The van der Waals surface area contributed by atoms with Gasteiger partial charge in [0, 0.05) is 6.04 Å². The molecular formula is C9H10Cl2FN. The Balaban J connectivity index is 0.00000144. The van der Waals surface area contributed by atoms with Gasteiger partial charge in [-0.05, 0) is 11.6 Å². The molecule has 1 rings (SSSR count). The molecule has 1 aromatic carbocycles. The third kappa shape index (κ3) is 2.69. The van der Waals surface area contributed by atoms with Crippen molar-refractivity contribution in [3.63, 3.8) is 0 Å². The summed E-state index contributed by atoms with van der Waals surface area (Å²) in [4.78, 5) is 0. The van der Waals surface area contributed by atoms with Crippen molar-refractivity contribution in [2.75, 3.05) is 0 Å². The van der Waals surface area contributed by atoms with Crippen LogP contribution < -0.4 is 5.73 Å². The van der Waals surface area contributed by atoms with E-state index in [1.165, 1.54) is 12.1 Å². The van der Waals surface area contributed by atoms with Gasteiger partial charge in [-0.15, -0.1) is 19.0 Å². The van der Waals surface area contributed by atoms with Crippen LogP contribution in [0.5, 0.6) is 0 Å². The second-order valence-corrected chi connectivity index (χ2v) is 2.78. The van der Waals surface area contributed by atoms with Gasteiger partial charge in [0.15, 0.2) is 0 Å². The maximum atomic E-state index is 12.9. The van der Waals surface area contributed by atoms with Crippen LogP contribution in [0.3, 0.4) is 0 Å². The molecule has 0 aliphatic carbocycles. The van der Waals surface area contributed by atoms with Gasteiger partial charge in [-0.2, -0.15) is 0 Å². The summed E-state index contributed by atoms with van der Waals surface area (Å²) in [5.74, 6) is -0.452. The van der Waals surface area contributed by atoms with Crippen molar-refractivity contribution in [3.05, 3.63) is 47.3 Å². The fourth-order valence-corrected chi connectivity index (χ4v) is 1.16. The van der Waals surface area contributed by atoms with E-state index in [-0.39, 0.29) is 17.4 Å². The van der Waals surface area contributed by atoms with Crippen molar-refractivity contribution in [2.24, 2.45) is 5.73 Å². The molecule has 0 aromatic heterocycles. The average molecular weight is 222 g/mol. The molecule has 0 fully saturated rings. The van der Waals surface area contributed by atoms with Crippen LogP contribution in [-0.4, -0.2) is 0 Å². The van der Waals surface area contributed by atoms with Crippen molar-refractivity contribution in [1.82, 2.24) is 0 Å². The van der Waals surface area contributed by atoms with Gasteiger partial charge in [0.05, 0.1) is 5.02 Å². The molecule has 0 aliphatic rings. The van der Waals surface area contributed by atoms with E-state index in [0.29, 0.717) is 5.56 Å². The SMILES string of the molecule is C=C[C@H](N)c1cccc(F)c1Cl.Cl. The second-order valence-electron chi connectivity index (χ2n) is 2.40. The highest BCUT2D eigenvalue weighted by molar-refractivity contribution is 6.31. The summed E-state index contributed by atoms with van der Waals surface area (Å²) < 4.78 is 12.9. The molecule has 72 valence electrons. The van der Waals surface area contributed by atoms with E-state index in [1.807, 2.05) is 0 Å². The predicted molar refractivity (Wildman–Crippen MR) is 55.8 cm³/mol. The summed E-state index contributed by atoms with van der Waals surface area (Å²) in [5.41, 5.74) is 6.16. The van der Waals surface area contributed by atoms with E-state index < -0.39 is 11.9 Å². The standard InChI is InChI=1S/C9H9ClFN.ClH/c1-2-8(12)6-4-3-5-7(11)9(6)10;/h2-5,8H,1,12H2;1H/t8-;/m0./s1. The Morgan fingerprint density at radius 3 is 2.69 bits per heavy atom. The molecule has 0 unspecified atom stereocenters. The minimum atomic E-state index is -0.452. The van der Waals surface area contributed by atoms with Crippen LogP contribution in [0.2, 0.25) is 5.02 Å². The largest absolute Gasteiger partial charge is 0.321 e. The summed E-state index contributed by atoms with van der Waals surface area (Å²) in [6.07, 6.45) is 1.51. The van der Waals surface area contributed by atoms with E-state index in [2.05, 4.69) is 6.58 Å². The van der Waals surface area contributed by atoms with E-state index >= 15 is 0 Å². The third-order valence-corrected chi connectivity index (χ3v) is 1.99. The van der Waals surface area contributed by atoms with Crippen molar-refractivity contribution in [3.8, 4) is 0 Å². The Bertz CT molecular complexity index is 302. The normalized spacial score (nSPS) is 11.6. The fourth-order valence-electron chi connectivity index (χ4n) is 0.905. The molecule has 1 nitrogen and oxygen atoms in total. The number of rotatable bonds is 2. The minimum absolute atomic E-state index is 0. The number of benzene rings is 1. The Hall–Kier alpha value is -0.570. The van der Waals surface area contributed by atoms with E-state index in [1.54, 1.807) is 12.1 Å². The van der Waals surface area contributed by atoms with Gasteiger partial charge >= 0.3 is 0 Å². The van der Waals surface area contributed by atoms with Crippen molar-refractivity contribution in [2.45, 2.75) is 6.04 Å². The van der Waals surface area contributed by atoms with Gasteiger partial charge in [0.25, 0.3) is 0 Å². The smallest absolute Gasteiger partial charge is 0.142 e. The number of nitrogens with two attached hydrogens (primary N) is 1. The van der Waals surface area contributed by atoms with E-state index in [4.69, 9.17) is 17.3 Å². The quantitative estimate of drug-likeness (QED) is 0.764. The first kappa shape index (κ1) is 12.4. The van der Waals surface area contributed by atoms with Crippen LogP contribution in [0.15, 0.2) is 30.9 Å². The molecule has 0 saturated heterocycles. The second kappa shape index (κ2) is 5.22. The zero-order chi connectivity index (χ0) is 9.14. The highest BCUT2D eigenvalue weighted by Gasteiger charge is 2.09. The Morgan fingerprint density at radius 1 is 1.54 bits per heavy atom. The monoisotopic (exact) mass is 221 g/mol. The van der Waals surface area contributed by atoms with Crippen molar-refractivity contribution < 1.29 is 4.39 Å². The molecule has 0 saturated carbocycles. The van der Waals surface area contributed by atoms with Crippen LogP contribution in [-0.2, 0) is 0 Å². The molecule has 4 heteroatoms. The van der Waals surface area contributed by atoms with Gasteiger partial charge in [-0.3, -0.25) is 0 Å². The molecule has 1 aromatic rings. The molecule has 1 atom stereocenters. The van der Waals surface area contributed by atoms with E-state index in [9.17, 15) is 4.39 Å². The Kier molecular flexibility index (Phi) is 4.99. The molecule has 2 N–H and O–H groups in total. The van der Waals surface area contributed by atoms with Crippen LogP contribution in [0.1, 0.15) is 11.6 Å². The molecule has 0 radical (unpaired) electrons. The lowest BCUT2D eigenvalue weighted by Crippen LogP contribution is -2.07. The highest BCUT2D eigenvalue weighted by Crippen LogP contribution is 2.24. The van der Waals surface area contributed by atoms with Crippen LogP contribution >= 0.6 is 24.0 Å². The first-order valence-electron chi connectivity index (χ1n) is 3.49. The van der Waals surface area contributed by atoms with Gasteiger partial charge in [-0.1, -0.05) is 29.8 Å². The summed E-state index contributed by atoms with van der Waals surface area (Å²) in [6, 6.07) is 4.13. The first-order chi connectivity index (χ1) is 5.66. The van der Waals surface area contributed by atoms with Crippen molar-refractivity contribution >= 4 is 24.0 Å². The van der Waals surface area contributed by atoms with Gasteiger partial charge in [0.2, 0.25) is 0 Å². The topological polar surface area (TPSA) is 26.0 Å². The lowest BCUT2D eigenvalue weighted by Gasteiger charge is -2.08. The van der Waals surface area contributed by atoms with Crippen LogP contribution in [0.25, 0.3) is 0 Å². The summed E-state index contributed by atoms with van der Waals surface area (Å²) in [5, 5.41) is 0.0740. The number of hydrogen-bond acceptors (Lipinski definition) is 1. The molecule has 0 bridgehead atoms. The Morgan fingerprint density at radius 2 is 2.15 bits per heavy atom. The predicted octanol–water partition coefficient (Wildman–Crippen LogP) is 3.09. The first-order valence-corrected chi connectivity index (χ1v) is 3.86. The van der Waals surface area contributed by atoms with Gasteiger partial charge in [-0.25, -0.2) is 4.39 Å². The maximum Gasteiger partial charge on any atom is 0.142 e. The fraction of sp³-hybridized carbons (Fsp3) is 0.111. The summed E-state index contributed by atoms with van der Waals surface area (Å²) in [7, 11) is 0. The molecule has 13 heavy (non-hydrogen) atoms. The average Bonchev–Trinajstić information content (AvgIpc) is 2.08. The maximum absolute atomic E-state index is 12.9. The zero-order valence-electron chi connectivity index (χ0n) is 6.84. The van der Waals surface area contributed by atoms with Crippen molar-refractivity contribution in [1.29, 1.82) is 0 Å². The molecule has 0 aliphatic heterocycles. The lowest BCUT2D eigenvalue weighted by atomic mass is 10.1. The van der Waals surface area contributed by atoms with Gasteiger partial charge in [0.1, 0.15) is 5.82 Å². The van der Waals surface area contributed by atoms with Gasteiger partial charge < -0.3 is 5.73 Å². The number of hydrogen-bond donors (Lipinski definition) is 1. The summed E-state index contributed by atoms with van der Waals surface area (Å²) >= 11 is 5.66. The molecule has 0 spiro atoms. The molecule has 0 heterocycles. The minimum Gasteiger partial charge on any atom is -0.321 e. The third-order valence-electron chi connectivity index (χ3n) is 1.59. The molecular weight excluding hydrogens is 212 g/mol. The lowest BCUT2D eigenvalue weighted by molar-refractivity contribution is 0.624. The van der Waals surface area contributed by atoms with E-state index in [0.717, 1.165) is 0 Å². The van der Waals surface area contributed by atoms with Crippen LogP contribution in [0.4, 0.5) is 4.39 Å². The van der Waals surface area contributed by atoms with Crippen LogP contribution in [0, 0.1) is 5.82 Å². The summed E-state index contributed by atoms with van der Waals surface area (Å²) in [6.45, 7) is 3.50. The zero-order valence-corrected chi connectivity index (χ0v) is 8.41. The highest BCUT2D eigenvalue weighted by atomic mass is 35.5.